The fourth-order valence-corrected chi connectivity index (χ4v) is 2.26. The Kier molecular flexibility index (Phi) is 3.72. The number of nitrogens with one attached hydrogen (secondary N) is 2. The van der Waals surface area contributed by atoms with Crippen LogP contribution >= 0.6 is 0 Å². The van der Waals surface area contributed by atoms with E-state index in [1.807, 2.05) is 0 Å². The molecular formula is C12H18N2O2. The molecule has 4 heteroatoms. The summed E-state index contributed by atoms with van der Waals surface area (Å²) < 4.78 is 0. The van der Waals surface area contributed by atoms with Crippen LogP contribution in [0.3, 0.4) is 0 Å². The van der Waals surface area contributed by atoms with Gasteiger partial charge < -0.3 is 5.32 Å². The zero-order chi connectivity index (χ0) is 11.4. The summed E-state index contributed by atoms with van der Waals surface area (Å²) in [6.07, 6.45) is 8.57. The van der Waals surface area contributed by atoms with Crippen LogP contribution in [0.2, 0.25) is 0 Å². The van der Waals surface area contributed by atoms with E-state index in [0.29, 0.717) is 0 Å². The number of allylic oxidation sites excluding steroid dienone is 1. The van der Waals surface area contributed by atoms with Crippen molar-refractivity contribution in [2.75, 3.05) is 6.54 Å². The maximum Gasteiger partial charge on any atom is 0.244 e. The van der Waals surface area contributed by atoms with E-state index in [1.165, 1.54) is 31.3 Å². The van der Waals surface area contributed by atoms with E-state index in [9.17, 15) is 9.59 Å². The number of amides is 2. The van der Waals surface area contributed by atoms with Crippen LogP contribution in [-0.4, -0.2) is 24.4 Å². The summed E-state index contributed by atoms with van der Waals surface area (Å²) in [7, 11) is 0. The van der Waals surface area contributed by atoms with Crippen molar-refractivity contribution in [3.8, 4) is 0 Å². The van der Waals surface area contributed by atoms with Gasteiger partial charge in [-0.25, -0.2) is 0 Å². The van der Waals surface area contributed by atoms with E-state index in [0.717, 1.165) is 13.0 Å². The third-order valence-electron chi connectivity index (χ3n) is 3.19. The third kappa shape index (κ3) is 2.92. The molecule has 2 rings (SSSR count). The summed E-state index contributed by atoms with van der Waals surface area (Å²) in [6.45, 7) is 0.789. The molecular weight excluding hydrogens is 204 g/mol. The molecule has 88 valence electrons. The highest BCUT2D eigenvalue weighted by molar-refractivity contribution is 6.05. The van der Waals surface area contributed by atoms with E-state index >= 15 is 0 Å². The maximum absolute atomic E-state index is 11.3. The van der Waals surface area contributed by atoms with Crippen LogP contribution in [0.4, 0.5) is 0 Å². The van der Waals surface area contributed by atoms with Gasteiger partial charge in [-0.3, -0.25) is 14.9 Å². The topological polar surface area (TPSA) is 58.2 Å². The first kappa shape index (κ1) is 11.3. The molecule has 0 aromatic carbocycles. The monoisotopic (exact) mass is 222 g/mol. The van der Waals surface area contributed by atoms with Crippen molar-refractivity contribution in [3.05, 3.63) is 11.6 Å². The normalized spacial score (nSPS) is 25.5. The lowest BCUT2D eigenvalue weighted by Crippen LogP contribution is -2.36. The Morgan fingerprint density at radius 3 is 2.88 bits per heavy atom. The summed E-state index contributed by atoms with van der Waals surface area (Å²) in [5, 5.41) is 5.44. The largest absolute Gasteiger partial charge is 0.305 e. The van der Waals surface area contributed by atoms with E-state index in [4.69, 9.17) is 0 Å². The molecule has 0 bridgehead atoms. The van der Waals surface area contributed by atoms with Gasteiger partial charge in [-0.1, -0.05) is 11.6 Å². The predicted octanol–water partition coefficient (Wildman–Crippen LogP) is 0.882. The lowest BCUT2D eigenvalue weighted by molar-refractivity contribution is -0.125. The van der Waals surface area contributed by atoms with Crippen LogP contribution in [0, 0.1) is 0 Å². The highest BCUT2D eigenvalue weighted by Crippen LogP contribution is 2.19. The molecule has 1 aliphatic heterocycles. The molecule has 0 spiro atoms. The first-order valence-electron chi connectivity index (χ1n) is 6.00. The highest BCUT2D eigenvalue weighted by atomic mass is 16.2. The molecule has 1 fully saturated rings. The number of hydrogen-bond acceptors (Lipinski definition) is 3. The Morgan fingerprint density at radius 2 is 2.25 bits per heavy atom. The van der Waals surface area contributed by atoms with Gasteiger partial charge in [-0.2, -0.15) is 0 Å². The first-order chi connectivity index (χ1) is 7.75. The second-order valence-electron chi connectivity index (χ2n) is 4.48. The molecule has 0 radical (unpaired) electrons. The average molecular weight is 222 g/mol. The molecule has 0 aromatic rings. The molecule has 1 heterocycles. The SMILES string of the molecule is O=C1CC(NCCC2=CCCCC2)C(=O)N1. The van der Waals surface area contributed by atoms with Crippen LogP contribution in [-0.2, 0) is 9.59 Å². The second kappa shape index (κ2) is 5.25. The van der Waals surface area contributed by atoms with Gasteiger partial charge in [0, 0.05) is 0 Å². The Bertz CT molecular complexity index is 323. The summed E-state index contributed by atoms with van der Waals surface area (Å²) in [5.41, 5.74) is 1.49. The number of rotatable bonds is 4. The van der Waals surface area contributed by atoms with Crippen molar-refractivity contribution >= 4 is 11.8 Å². The molecule has 0 saturated carbocycles. The number of imide groups is 1. The van der Waals surface area contributed by atoms with Gasteiger partial charge in [0.05, 0.1) is 12.5 Å². The second-order valence-corrected chi connectivity index (χ2v) is 4.48. The molecule has 1 unspecified atom stereocenters. The minimum Gasteiger partial charge on any atom is -0.305 e. The van der Waals surface area contributed by atoms with Crippen LogP contribution in [0.5, 0.6) is 0 Å². The van der Waals surface area contributed by atoms with Crippen molar-refractivity contribution in [2.24, 2.45) is 0 Å². The fraction of sp³-hybridized carbons (Fsp3) is 0.667. The standard InChI is InChI=1S/C12H18N2O2/c15-11-8-10(12(16)14-11)13-7-6-9-4-2-1-3-5-9/h4,10,13H,1-3,5-8H2,(H,14,15,16). The quantitative estimate of drug-likeness (QED) is 0.548. The first-order valence-corrected chi connectivity index (χ1v) is 6.00. The zero-order valence-corrected chi connectivity index (χ0v) is 9.42. The van der Waals surface area contributed by atoms with Gasteiger partial charge in [0.15, 0.2) is 0 Å². The van der Waals surface area contributed by atoms with E-state index in [1.54, 1.807) is 0 Å². The summed E-state index contributed by atoms with van der Waals surface area (Å²) >= 11 is 0. The van der Waals surface area contributed by atoms with Crippen molar-refractivity contribution in [2.45, 2.75) is 44.6 Å². The molecule has 0 aromatic heterocycles. The van der Waals surface area contributed by atoms with E-state index in [-0.39, 0.29) is 24.3 Å². The van der Waals surface area contributed by atoms with Crippen LogP contribution in [0.25, 0.3) is 0 Å². The molecule has 2 amide bonds. The summed E-state index contributed by atoms with van der Waals surface area (Å²) in [4.78, 5) is 22.2. The third-order valence-corrected chi connectivity index (χ3v) is 3.19. The Labute approximate surface area is 95.5 Å². The highest BCUT2D eigenvalue weighted by Gasteiger charge is 2.29. The summed E-state index contributed by atoms with van der Waals surface area (Å²) in [5.74, 6) is -0.345. The minimum absolute atomic E-state index is 0.167. The Morgan fingerprint density at radius 1 is 1.38 bits per heavy atom. The molecule has 1 saturated heterocycles. The van der Waals surface area contributed by atoms with Gasteiger partial charge in [-0.05, 0) is 38.6 Å². The van der Waals surface area contributed by atoms with Gasteiger partial charge in [0.1, 0.15) is 0 Å². The molecule has 4 nitrogen and oxygen atoms in total. The van der Waals surface area contributed by atoms with Gasteiger partial charge >= 0.3 is 0 Å². The van der Waals surface area contributed by atoms with Crippen LogP contribution in [0.15, 0.2) is 11.6 Å². The molecule has 2 aliphatic rings. The fourth-order valence-electron chi connectivity index (χ4n) is 2.26. The Balaban J connectivity index is 1.69. The lowest BCUT2D eigenvalue weighted by atomic mass is 9.97. The van der Waals surface area contributed by atoms with Gasteiger partial charge in [-0.15, -0.1) is 0 Å². The molecule has 1 atom stereocenters. The van der Waals surface area contributed by atoms with Gasteiger partial charge in [0.2, 0.25) is 11.8 Å². The van der Waals surface area contributed by atoms with E-state index < -0.39 is 0 Å². The maximum atomic E-state index is 11.3. The number of carbonyl (C=O) groups is 2. The molecule has 2 N–H and O–H groups in total. The zero-order valence-electron chi connectivity index (χ0n) is 9.42. The summed E-state index contributed by atoms with van der Waals surface area (Å²) in [6, 6.07) is -0.309. The van der Waals surface area contributed by atoms with Crippen molar-refractivity contribution in [1.82, 2.24) is 10.6 Å². The van der Waals surface area contributed by atoms with Gasteiger partial charge in [0.25, 0.3) is 0 Å². The Hall–Kier alpha value is -1.16. The van der Waals surface area contributed by atoms with Crippen molar-refractivity contribution in [1.29, 1.82) is 0 Å². The van der Waals surface area contributed by atoms with Crippen molar-refractivity contribution < 1.29 is 9.59 Å². The smallest absolute Gasteiger partial charge is 0.244 e. The van der Waals surface area contributed by atoms with E-state index in [2.05, 4.69) is 16.7 Å². The number of hydrogen-bond donors (Lipinski definition) is 2. The lowest BCUT2D eigenvalue weighted by Gasteiger charge is -2.14. The van der Waals surface area contributed by atoms with Crippen LogP contribution in [0.1, 0.15) is 38.5 Å². The molecule has 16 heavy (non-hydrogen) atoms. The molecule has 1 aliphatic carbocycles. The minimum atomic E-state index is -0.309. The average Bonchev–Trinajstić information content (AvgIpc) is 2.59. The number of carbonyl (C=O) groups excluding carboxylic acids is 2. The van der Waals surface area contributed by atoms with Crippen molar-refractivity contribution in [3.63, 3.8) is 0 Å². The van der Waals surface area contributed by atoms with Crippen LogP contribution < -0.4 is 10.6 Å². The predicted molar refractivity (Wildman–Crippen MR) is 60.7 cm³/mol.